The van der Waals surface area contributed by atoms with Crippen LogP contribution in [0.1, 0.15) is 37.7 Å². The molecule has 0 spiro atoms. The SMILES string of the molecule is COC(=O)C1CCN(C(=O)CCC2CNC(=O)C3C(CCN3Cc3cn(C)c4ccccc34)N2C)CC1. The van der Waals surface area contributed by atoms with Crippen LogP contribution in [-0.4, -0.2) is 95.5 Å². The molecule has 3 saturated heterocycles. The van der Waals surface area contributed by atoms with Gasteiger partial charge in [0.2, 0.25) is 11.8 Å². The summed E-state index contributed by atoms with van der Waals surface area (Å²) in [5.41, 5.74) is 2.45. The maximum atomic E-state index is 13.3. The van der Waals surface area contributed by atoms with Gasteiger partial charge in [0, 0.05) is 75.4 Å². The zero-order chi connectivity index (χ0) is 26.1. The molecular formula is C28H39N5O4. The number of aromatic nitrogens is 1. The number of carbonyl (C=O) groups excluding carboxylic acids is 3. The number of esters is 1. The standard InChI is InChI=1S/C28H39N5O4/c1-30-17-20(22-6-4-5-7-23(22)30)18-33-15-12-24-26(33)27(35)29-16-21(31(24)2)8-9-25(34)32-13-10-19(11-14-32)28(36)37-3/h4-7,17,19,21,24,26H,8-16,18H2,1-3H3,(H,29,35). The molecule has 4 heterocycles. The molecule has 37 heavy (non-hydrogen) atoms. The number of ether oxygens (including phenoxy) is 1. The third kappa shape index (κ3) is 5.11. The quantitative estimate of drug-likeness (QED) is 0.597. The van der Waals surface area contributed by atoms with Crippen molar-refractivity contribution < 1.29 is 19.1 Å². The largest absolute Gasteiger partial charge is 0.469 e. The fourth-order valence-corrected chi connectivity index (χ4v) is 6.58. The molecule has 1 aromatic carbocycles. The molecule has 0 saturated carbocycles. The number of benzene rings is 1. The van der Waals surface area contributed by atoms with Crippen molar-refractivity contribution in [2.45, 2.75) is 56.8 Å². The number of piperidine rings is 1. The highest BCUT2D eigenvalue weighted by Gasteiger charge is 2.45. The maximum absolute atomic E-state index is 13.3. The number of para-hydroxylation sites is 1. The molecule has 0 bridgehead atoms. The lowest BCUT2D eigenvalue weighted by molar-refractivity contribution is -0.149. The summed E-state index contributed by atoms with van der Waals surface area (Å²) >= 11 is 0. The summed E-state index contributed by atoms with van der Waals surface area (Å²) < 4.78 is 7.01. The third-order valence-corrected chi connectivity index (χ3v) is 8.78. The van der Waals surface area contributed by atoms with Gasteiger partial charge in [-0.15, -0.1) is 0 Å². The van der Waals surface area contributed by atoms with E-state index in [9.17, 15) is 14.4 Å². The summed E-state index contributed by atoms with van der Waals surface area (Å²) in [6.07, 6.45) is 5.59. The van der Waals surface area contributed by atoms with Gasteiger partial charge in [0.15, 0.2) is 0 Å². The average Bonchev–Trinajstić information content (AvgIpc) is 3.45. The molecular weight excluding hydrogens is 470 g/mol. The zero-order valence-corrected chi connectivity index (χ0v) is 22.2. The van der Waals surface area contributed by atoms with Crippen LogP contribution in [0.15, 0.2) is 30.5 Å². The lowest BCUT2D eigenvalue weighted by atomic mass is 9.96. The van der Waals surface area contributed by atoms with Gasteiger partial charge >= 0.3 is 5.97 Å². The Morgan fingerprint density at radius 2 is 1.84 bits per heavy atom. The molecule has 200 valence electrons. The predicted octanol–water partition coefficient (Wildman–Crippen LogP) is 1.74. The number of nitrogens with one attached hydrogen (secondary N) is 1. The van der Waals surface area contributed by atoms with Gasteiger partial charge in [-0.2, -0.15) is 0 Å². The molecule has 9 nitrogen and oxygen atoms in total. The average molecular weight is 510 g/mol. The molecule has 3 unspecified atom stereocenters. The minimum Gasteiger partial charge on any atom is -0.469 e. The van der Waals surface area contributed by atoms with Gasteiger partial charge in [0.25, 0.3) is 0 Å². The topological polar surface area (TPSA) is 87.1 Å². The molecule has 3 fully saturated rings. The number of nitrogens with zero attached hydrogens (tertiary/aromatic N) is 4. The van der Waals surface area contributed by atoms with Crippen LogP contribution < -0.4 is 5.32 Å². The minimum atomic E-state index is -0.193. The van der Waals surface area contributed by atoms with Gasteiger partial charge in [-0.1, -0.05) is 18.2 Å². The number of carbonyl (C=O) groups is 3. The zero-order valence-electron chi connectivity index (χ0n) is 22.2. The van der Waals surface area contributed by atoms with Crippen LogP contribution in [0.5, 0.6) is 0 Å². The molecule has 1 aromatic heterocycles. The second kappa shape index (κ2) is 10.8. The number of fused-ring (bicyclic) bond motifs is 2. The Labute approximate surface area is 218 Å². The molecule has 0 radical (unpaired) electrons. The second-order valence-electron chi connectivity index (χ2n) is 10.8. The smallest absolute Gasteiger partial charge is 0.308 e. The number of likely N-dealkylation sites (tertiary alicyclic amines) is 2. The highest BCUT2D eigenvalue weighted by Crippen LogP contribution is 2.31. The molecule has 2 amide bonds. The normalized spacial score (nSPS) is 25.6. The number of hydrogen-bond acceptors (Lipinski definition) is 6. The Bertz CT molecular complexity index is 1150. The number of likely N-dealkylation sites (N-methyl/N-ethyl adjacent to an activating group) is 1. The fourth-order valence-electron chi connectivity index (χ4n) is 6.58. The summed E-state index contributed by atoms with van der Waals surface area (Å²) in [7, 11) is 5.59. The van der Waals surface area contributed by atoms with Gasteiger partial charge < -0.3 is 19.5 Å². The van der Waals surface area contributed by atoms with E-state index in [2.05, 4.69) is 64.2 Å². The van der Waals surface area contributed by atoms with Crippen molar-refractivity contribution in [1.29, 1.82) is 0 Å². The van der Waals surface area contributed by atoms with E-state index in [1.54, 1.807) is 0 Å². The van der Waals surface area contributed by atoms with Crippen molar-refractivity contribution in [3.8, 4) is 0 Å². The van der Waals surface area contributed by atoms with E-state index in [4.69, 9.17) is 4.74 Å². The Kier molecular flexibility index (Phi) is 7.53. The summed E-state index contributed by atoms with van der Waals surface area (Å²) in [4.78, 5) is 44.5. The highest BCUT2D eigenvalue weighted by molar-refractivity contribution is 5.85. The van der Waals surface area contributed by atoms with Crippen molar-refractivity contribution in [3.63, 3.8) is 0 Å². The van der Waals surface area contributed by atoms with E-state index >= 15 is 0 Å². The predicted molar refractivity (Wildman–Crippen MR) is 141 cm³/mol. The highest BCUT2D eigenvalue weighted by atomic mass is 16.5. The molecule has 9 heteroatoms. The van der Waals surface area contributed by atoms with Gasteiger partial charge in [-0.05, 0) is 44.4 Å². The fraction of sp³-hybridized carbons (Fsp3) is 0.607. The number of methoxy groups -OCH3 is 1. The van der Waals surface area contributed by atoms with E-state index in [1.165, 1.54) is 23.6 Å². The van der Waals surface area contributed by atoms with Crippen LogP contribution in [-0.2, 0) is 32.7 Å². The third-order valence-electron chi connectivity index (χ3n) is 8.78. The minimum absolute atomic E-state index is 0.0910. The summed E-state index contributed by atoms with van der Waals surface area (Å²) in [5, 5.41) is 4.42. The van der Waals surface area contributed by atoms with Gasteiger partial charge in [0.1, 0.15) is 6.04 Å². The molecule has 2 aromatic rings. The lowest BCUT2D eigenvalue weighted by Crippen LogP contribution is -2.49. The maximum Gasteiger partial charge on any atom is 0.308 e. The van der Waals surface area contributed by atoms with E-state index in [-0.39, 0.29) is 41.8 Å². The first-order valence-electron chi connectivity index (χ1n) is 13.5. The Morgan fingerprint density at radius 1 is 1.08 bits per heavy atom. The monoisotopic (exact) mass is 509 g/mol. The van der Waals surface area contributed by atoms with Crippen molar-refractivity contribution in [1.82, 2.24) is 24.6 Å². The summed E-state index contributed by atoms with van der Waals surface area (Å²) in [5.74, 6) is -0.0574. The van der Waals surface area contributed by atoms with Crippen molar-refractivity contribution >= 4 is 28.7 Å². The van der Waals surface area contributed by atoms with Crippen LogP contribution in [0.3, 0.4) is 0 Å². The van der Waals surface area contributed by atoms with Gasteiger partial charge in [-0.3, -0.25) is 24.2 Å². The molecule has 3 aliphatic rings. The lowest BCUT2D eigenvalue weighted by Gasteiger charge is -2.34. The second-order valence-corrected chi connectivity index (χ2v) is 10.8. The Hall–Kier alpha value is -2.91. The van der Waals surface area contributed by atoms with Crippen LogP contribution in [0.4, 0.5) is 0 Å². The summed E-state index contributed by atoms with van der Waals surface area (Å²) in [6, 6.07) is 8.47. The first-order chi connectivity index (χ1) is 17.9. The van der Waals surface area contributed by atoms with Crippen molar-refractivity contribution in [2.24, 2.45) is 13.0 Å². The van der Waals surface area contributed by atoms with E-state index in [0.29, 0.717) is 45.3 Å². The number of rotatable bonds is 6. The van der Waals surface area contributed by atoms with E-state index < -0.39 is 0 Å². The van der Waals surface area contributed by atoms with Crippen molar-refractivity contribution in [3.05, 3.63) is 36.0 Å². The Balaban J connectivity index is 1.19. The summed E-state index contributed by atoms with van der Waals surface area (Å²) in [6.45, 7) is 3.38. The molecule has 5 rings (SSSR count). The van der Waals surface area contributed by atoms with Crippen LogP contribution in [0.2, 0.25) is 0 Å². The van der Waals surface area contributed by atoms with Gasteiger partial charge in [-0.25, -0.2) is 0 Å². The number of hydrogen-bond donors (Lipinski definition) is 1. The first-order valence-corrected chi connectivity index (χ1v) is 13.5. The van der Waals surface area contributed by atoms with E-state index in [0.717, 1.165) is 19.5 Å². The van der Waals surface area contributed by atoms with Crippen molar-refractivity contribution in [2.75, 3.05) is 40.3 Å². The molecule has 3 aliphatic heterocycles. The van der Waals surface area contributed by atoms with Gasteiger partial charge in [0.05, 0.1) is 13.0 Å². The Morgan fingerprint density at radius 3 is 2.59 bits per heavy atom. The molecule has 0 aliphatic carbocycles. The van der Waals surface area contributed by atoms with Crippen LogP contribution in [0, 0.1) is 5.92 Å². The first kappa shape index (κ1) is 25.7. The number of amides is 2. The molecule has 3 atom stereocenters. The van der Waals surface area contributed by atoms with Crippen LogP contribution in [0.25, 0.3) is 10.9 Å². The van der Waals surface area contributed by atoms with Crippen LogP contribution >= 0.6 is 0 Å². The molecule has 1 N–H and O–H groups in total. The number of aryl methyl sites for hydroxylation is 1. The van der Waals surface area contributed by atoms with E-state index in [1.807, 2.05) is 4.90 Å².